The van der Waals surface area contributed by atoms with Crippen LogP contribution in [0.4, 0.5) is 0 Å². The lowest BCUT2D eigenvalue weighted by atomic mass is 9.71. The van der Waals surface area contributed by atoms with Crippen molar-refractivity contribution in [3.63, 3.8) is 0 Å². The summed E-state index contributed by atoms with van der Waals surface area (Å²) in [5, 5.41) is 0.741. The van der Waals surface area contributed by atoms with Crippen molar-refractivity contribution in [2.24, 2.45) is 5.73 Å². The summed E-state index contributed by atoms with van der Waals surface area (Å²) >= 11 is 8.26. The zero-order valence-corrected chi connectivity index (χ0v) is 19.0. The van der Waals surface area contributed by atoms with E-state index in [4.69, 9.17) is 26.8 Å². The van der Waals surface area contributed by atoms with Gasteiger partial charge in [-0.2, -0.15) is 0 Å². The Labute approximate surface area is 188 Å². The van der Waals surface area contributed by atoms with Gasteiger partial charge in [0, 0.05) is 29.4 Å². The number of carbonyl (C=O) groups excluding carboxylic acids is 1. The highest BCUT2D eigenvalue weighted by atomic mass is 35.5. The fourth-order valence-corrected chi connectivity index (χ4v) is 6.42. The van der Waals surface area contributed by atoms with Gasteiger partial charge in [-0.05, 0) is 66.8 Å². The number of carbonyl (C=O) groups is 1. The maximum Gasteiger partial charge on any atom is 0.217 e. The van der Waals surface area contributed by atoms with Crippen LogP contribution in [0.25, 0.3) is 0 Å². The minimum atomic E-state index is -0.634. The summed E-state index contributed by atoms with van der Waals surface area (Å²) in [5.74, 6) is 0.853. The molecule has 0 aromatic heterocycles. The van der Waals surface area contributed by atoms with Gasteiger partial charge in [0.2, 0.25) is 5.91 Å². The van der Waals surface area contributed by atoms with E-state index in [0.29, 0.717) is 12.8 Å². The van der Waals surface area contributed by atoms with Crippen molar-refractivity contribution in [1.82, 2.24) is 0 Å². The number of rotatable bonds is 7. The van der Waals surface area contributed by atoms with Crippen LogP contribution in [0.1, 0.15) is 56.4 Å². The highest BCUT2D eigenvalue weighted by molar-refractivity contribution is 7.99. The number of amides is 1. The molecule has 0 saturated heterocycles. The molecule has 1 saturated carbocycles. The van der Waals surface area contributed by atoms with Crippen LogP contribution in [0.15, 0.2) is 46.9 Å². The molecule has 6 heteroatoms. The van der Waals surface area contributed by atoms with Crippen molar-refractivity contribution in [2.75, 3.05) is 12.9 Å². The summed E-state index contributed by atoms with van der Waals surface area (Å²) in [6.07, 6.45) is 12.7. The summed E-state index contributed by atoms with van der Waals surface area (Å²) in [4.78, 5) is 12.8. The molecule has 30 heavy (non-hydrogen) atoms. The molecule has 3 unspecified atom stereocenters. The Bertz CT molecular complexity index is 849. The van der Waals surface area contributed by atoms with E-state index in [9.17, 15) is 4.79 Å². The Morgan fingerprint density at radius 3 is 2.83 bits per heavy atom. The van der Waals surface area contributed by atoms with E-state index in [0.717, 1.165) is 35.6 Å². The van der Waals surface area contributed by atoms with Crippen molar-refractivity contribution in [1.29, 1.82) is 0 Å². The van der Waals surface area contributed by atoms with Gasteiger partial charge in [-0.15, -0.1) is 11.8 Å². The Hall–Kier alpha value is -1.27. The Kier molecular flexibility index (Phi) is 6.93. The summed E-state index contributed by atoms with van der Waals surface area (Å²) in [6, 6.07) is 6.15. The first kappa shape index (κ1) is 21.9. The number of primary amides is 1. The normalized spacial score (nSPS) is 28.9. The largest absolute Gasteiger partial charge is 0.370 e. The smallest absolute Gasteiger partial charge is 0.217 e. The van der Waals surface area contributed by atoms with E-state index in [-0.39, 0.29) is 24.0 Å². The maximum atomic E-state index is 11.5. The molecule has 1 aromatic carbocycles. The van der Waals surface area contributed by atoms with E-state index in [2.05, 4.69) is 30.4 Å². The molecule has 2 N–H and O–H groups in total. The molecule has 0 spiro atoms. The van der Waals surface area contributed by atoms with Crippen LogP contribution in [0, 0.1) is 0 Å². The molecule has 1 amide bonds. The predicted octanol–water partition coefficient (Wildman–Crippen LogP) is 5.39. The van der Waals surface area contributed by atoms with Crippen LogP contribution in [0.2, 0.25) is 5.02 Å². The second-order valence-corrected chi connectivity index (χ2v) is 9.99. The summed E-state index contributed by atoms with van der Waals surface area (Å²) in [7, 11) is 1.78. The first-order chi connectivity index (χ1) is 14.5. The highest BCUT2D eigenvalue weighted by Crippen LogP contribution is 2.50. The van der Waals surface area contributed by atoms with Crippen LogP contribution >= 0.6 is 23.4 Å². The lowest BCUT2D eigenvalue weighted by Crippen LogP contribution is -2.52. The van der Waals surface area contributed by atoms with Gasteiger partial charge in [-0.3, -0.25) is 4.79 Å². The lowest BCUT2D eigenvalue weighted by Gasteiger charge is -2.48. The quantitative estimate of drug-likeness (QED) is 0.608. The van der Waals surface area contributed by atoms with E-state index >= 15 is 0 Å². The molecule has 4 rings (SSSR count). The van der Waals surface area contributed by atoms with E-state index in [1.807, 2.05) is 17.8 Å². The summed E-state index contributed by atoms with van der Waals surface area (Å²) in [6.45, 7) is 0. The maximum absolute atomic E-state index is 11.5. The van der Waals surface area contributed by atoms with Crippen molar-refractivity contribution < 1.29 is 14.3 Å². The first-order valence-corrected chi connectivity index (χ1v) is 12.2. The number of halogens is 1. The number of ether oxygens (including phenoxy) is 2. The Morgan fingerprint density at radius 1 is 1.30 bits per heavy atom. The Morgan fingerprint density at radius 2 is 2.10 bits per heavy atom. The van der Waals surface area contributed by atoms with Gasteiger partial charge in [-0.1, -0.05) is 36.6 Å². The fourth-order valence-electron chi connectivity index (χ4n) is 5.13. The van der Waals surface area contributed by atoms with Gasteiger partial charge in [0.1, 0.15) is 11.7 Å². The number of methoxy groups -OCH3 is 1. The molecular formula is C24H30ClNO3S. The highest BCUT2D eigenvalue weighted by Gasteiger charge is 2.50. The SMILES string of the molecule is COC1(C2CCSc3ccc(Cl)cc32)C=CC=C(CCC(N)=O)C1OC1CCCC1. The third-order valence-electron chi connectivity index (χ3n) is 6.61. The molecule has 0 bridgehead atoms. The second kappa shape index (κ2) is 9.47. The Balaban J connectivity index is 1.74. The number of fused-ring (bicyclic) bond motifs is 1. The number of nitrogens with two attached hydrogens (primary N) is 1. The summed E-state index contributed by atoms with van der Waals surface area (Å²) < 4.78 is 13.1. The van der Waals surface area contributed by atoms with Gasteiger partial charge < -0.3 is 15.2 Å². The second-order valence-electron chi connectivity index (χ2n) is 8.42. The predicted molar refractivity (Wildman–Crippen MR) is 122 cm³/mol. The zero-order valence-electron chi connectivity index (χ0n) is 17.4. The molecule has 0 radical (unpaired) electrons. The van der Waals surface area contributed by atoms with E-state index < -0.39 is 5.60 Å². The number of hydrogen-bond donors (Lipinski definition) is 1. The van der Waals surface area contributed by atoms with Crippen molar-refractivity contribution in [3.8, 4) is 0 Å². The average Bonchev–Trinajstić information content (AvgIpc) is 3.26. The molecule has 3 atom stereocenters. The van der Waals surface area contributed by atoms with Crippen LogP contribution < -0.4 is 5.73 Å². The number of thioether (sulfide) groups is 1. The average molecular weight is 448 g/mol. The molecular weight excluding hydrogens is 418 g/mol. The topological polar surface area (TPSA) is 61.5 Å². The van der Waals surface area contributed by atoms with E-state index in [1.54, 1.807) is 7.11 Å². The standard InChI is InChI=1S/C24H30ClNO3S/c1-28-24(20-12-14-30-21-10-9-17(25)15-19(20)21)13-4-5-16(8-11-22(26)27)23(24)29-18-6-2-3-7-18/h4-5,9-10,13,15,18,20,23H,2-3,6-8,11-12,14H2,1H3,(H2,26,27). The molecule has 1 heterocycles. The molecule has 3 aliphatic rings. The molecule has 1 fully saturated rings. The van der Waals surface area contributed by atoms with E-state index in [1.165, 1.54) is 23.3 Å². The van der Waals surface area contributed by atoms with Crippen LogP contribution in [-0.4, -0.2) is 36.6 Å². The monoisotopic (exact) mass is 447 g/mol. The number of allylic oxidation sites excluding steroid dienone is 2. The van der Waals surface area contributed by atoms with Gasteiger partial charge in [0.15, 0.2) is 0 Å². The molecule has 1 aromatic rings. The molecule has 2 aliphatic carbocycles. The lowest BCUT2D eigenvalue weighted by molar-refractivity contribution is -0.126. The summed E-state index contributed by atoms with van der Waals surface area (Å²) in [5.41, 5.74) is 7.15. The number of hydrogen-bond acceptors (Lipinski definition) is 4. The molecule has 162 valence electrons. The van der Waals surface area contributed by atoms with Gasteiger partial charge >= 0.3 is 0 Å². The molecule has 1 aliphatic heterocycles. The third kappa shape index (κ3) is 4.36. The van der Waals surface area contributed by atoms with Crippen molar-refractivity contribution in [3.05, 3.63) is 52.6 Å². The molecule has 4 nitrogen and oxygen atoms in total. The van der Waals surface area contributed by atoms with Gasteiger partial charge in [0.05, 0.1) is 6.10 Å². The first-order valence-electron chi connectivity index (χ1n) is 10.8. The van der Waals surface area contributed by atoms with Crippen LogP contribution in [0.5, 0.6) is 0 Å². The van der Waals surface area contributed by atoms with Crippen LogP contribution in [0.3, 0.4) is 0 Å². The van der Waals surface area contributed by atoms with Crippen molar-refractivity contribution in [2.45, 2.75) is 73.6 Å². The minimum Gasteiger partial charge on any atom is -0.370 e. The van der Waals surface area contributed by atoms with Gasteiger partial charge in [0.25, 0.3) is 0 Å². The fraction of sp³-hybridized carbons (Fsp3) is 0.542. The van der Waals surface area contributed by atoms with Crippen molar-refractivity contribution >= 4 is 29.3 Å². The third-order valence-corrected chi connectivity index (χ3v) is 7.97. The number of benzene rings is 1. The zero-order chi connectivity index (χ0) is 21.1. The van der Waals surface area contributed by atoms with Gasteiger partial charge in [-0.25, -0.2) is 0 Å². The van der Waals surface area contributed by atoms with Crippen LogP contribution in [-0.2, 0) is 14.3 Å². The minimum absolute atomic E-state index is 0.123.